The number of carbonyl (C=O) groups excluding carboxylic acids is 1. The van der Waals surface area contributed by atoms with Crippen LogP contribution in [-0.4, -0.2) is 31.4 Å². The third kappa shape index (κ3) is 4.75. The van der Waals surface area contributed by atoms with Crippen LogP contribution in [0.4, 0.5) is 5.13 Å². The monoisotopic (exact) mass is 459 g/mol. The Balaban J connectivity index is 1.36. The number of carbonyl (C=O) groups is 1. The molecule has 2 aromatic heterocycles. The van der Waals surface area contributed by atoms with E-state index in [4.69, 9.17) is 16.3 Å². The maximum Gasteiger partial charge on any atom is 0.236 e. The van der Waals surface area contributed by atoms with Crippen molar-refractivity contribution in [3.8, 4) is 5.75 Å². The SMILES string of the molecule is CCn1c(COc2ccccc2Cl)nnc1SCC(=O)Nc1nc2ccccc2s1. The van der Waals surface area contributed by atoms with Crippen molar-refractivity contribution in [3.63, 3.8) is 0 Å². The van der Waals surface area contributed by atoms with Crippen LogP contribution in [0.5, 0.6) is 5.75 Å². The van der Waals surface area contributed by atoms with Gasteiger partial charge >= 0.3 is 0 Å². The van der Waals surface area contributed by atoms with E-state index < -0.39 is 0 Å². The molecule has 2 aromatic carbocycles. The zero-order chi connectivity index (χ0) is 20.9. The van der Waals surface area contributed by atoms with Crippen molar-refractivity contribution in [3.05, 3.63) is 59.4 Å². The van der Waals surface area contributed by atoms with Crippen molar-refractivity contribution >= 4 is 56.0 Å². The van der Waals surface area contributed by atoms with E-state index in [0.717, 1.165) is 10.2 Å². The normalized spacial score (nSPS) is 11.0. The van der Waals surface area contributed by atoms with Gasteiger partial charge in [0.1, 0.15) is 12.4 Å². The van der Waals surface area contributed by atoms with Crippen LogP contribution < -0.4 is 10.1 Å². The van der Waals surface area contributed by atoms with E-state index in [1.54, 1.807) is 12.1 Å². The van der Waals surface area contributed by atoms with E-state index in [-0.39, 0.29) is 18.3 Å². The highest BCUT2D eigenvalue weighted by molar-refractivity contribution is 7.99. The molecular formula is C20H18ClN5O2S2. The van der Waals surface area contributed by atoms with Gasteiger partial charge < -0.3 is 14.6 Å². The molecule has 0 spiro atoms. The number of benzene rings is 2. The Kier molecular flexibility index (Phi) is 6.51. The first-order valence-corrected chi connectivity index (χ1v) is 11.4. The Morgan fingerprint density at radius 1 is 1.20 bits per heavy atom. The van der Waals surface area contributed by atoms with Crippen LogP contribution in [0.1, 0.15) is 12.7 Å². The lowest BCUT2D eigenvalue weighted by molar-refractivity contribution is -0.113. The first-order chi connectivity index (χ1) is 14.6. The number of thioether (sulfide) groups is 1. The molecule has 7 nitrogen and oxygen atoms in total. The van der Waals surface area contributed by atoms with Crippen LogP contribution in [0.15, 0.2) is 53.7 Å². The fraction of sp³-hybridized carbons (Fsp3) is 0.200. The van der Waals surface area contributed by atoms with E-state index in [2.05, 4.69) is 20.5 Å². The van der Waals surface area contributed by atoms with Gasteiger partial charge in [0.25, 0.3) is 0 Å². The average Bonchev–Trinajstić information content (AvgIpc) is 3.34. The molecule has 30 heavy (non-hydrogen) atoms. The second kappa shape index (κ2) is 9.46. The highest BCUT2D eigenvalue weighted by Crippen LogP contribution is 2.27. The van der Waals surface area contributed by atoms with Crippen LogP contribution in [0.3, 0.4) is 0 Å². The Morgan fingerprint density at radius 2 is 2.00 bits per heavy atom. The summed E-state index contributed by atoms with van der Waals surface area (Å²) in [5.41, 5.74) is 0.874. The van der Waals surface area contributed by atoms with Gasteiger partial charge in [-0.05, 0) is 31.2 Å². The second-order valence-electron chi connectivity index (χ2n) is 6.19. The molecule has 0 aliphatic heterocycles. The van der Waals surface area contributed by atoms with Crippen molar-refractivity contribution in [2.24, 2.45) is 0 Å². The Morgan fingerprint density at radius 3 is 2.80 bits per heavy atom. The van der Waals surface area contributed by atoms with Crippen LogP contribution in [-0.2, 0) is 17.9 Å². The highest BCUT2D eigenvalue weighted by Gasteiger charge is 2.15. The molecule has 0 unspecified atom stereocenters. The molecule has 2 heterocycles. The summed E-state index contributed by atoms with van der Waals surface area (Å²) in [5.74, 6) is 1.33. The fourth-order valence-electron chi connectivity index (χ4n) is 2.77. The molecule has 4 aromatic rings. The van der Waals surface area contributed by atoms with Crippen molar-refractivity contribution in [1.82, 2.24) is 19.7 Å². The number of rotatable bonds is 8. The molecule has 0 atom stereocenters. The summed E-state index contributed by atoms with van der Waals surface area (Å²) in [5, 5.41) is 13.1. The molecule has 0 bridgehead atoms. The molecule has 1 N–H and O–H groups in total. The first-order valence-electron chi connectivity index (χ1n) is 9.21. The summed E-state index contributed by atoms with van der Waals surface area (Å²) in [4.78, 5) is 16.8. The van der Waals surface area contributed by atoms with Crippen molar-refractivity contribution in [1.29, 1.82) is 0 Å². The van der Waals surface area contributed by atoms with Gasteiger partial charge in [-0.3, -0.25) is 4.79 Å². The first kappa shape index (κ1) is 20.6. The molecule has 154 valence electrons. The Hall–Kier alpha value is -2.62. The van der Waals surface area contributed by atoms with Gasteiger partial charge in [-0.15, -0.1) is 10.2 Å². The third-order valence-electron chi connectivity index (χ3n) is 4.18. The zero-order valence-corrected chi connectivity index (χ0v) is 18.4. The molecule has 0 saturated carbocycles. The van der Waals surface area contributed by atoms with Gasteiger partial charge in [-0.1, -0.05) is 59.0 Å². The van der Waals surface area contributed by atoms with Crippen LogP contribution in [0.25, 0.3) is 10.2 Å². The number of amides is 1. The van der Waals surface area contributed by atoms with E-state index >= 15 is 0 Å². The molecule has 4 rings (SSSR count). The van der Waals surface area contributed by atoms with Gasteiger partial charge in [0.05, 0.1) is 21.0 Å². The maximum absolute atomic E-state index is 12.4. The van der Waals surface area contributed by atoms with Crippen molar-refractivity contribution < 1.29 is 9.53 Å². The van der Waals surface area contributed by atoms with Gasteiger partial charge in [0.2, 0.25) is 5.91 Å². The van der Waals surface area contributed by atoms with E-state index in [0.29, 0.717) is 33.4 Å². The summed E-state index contributed by atoms with van der Waals surface area (Å²) in [6.45, 7) is 2.90. The molecule has 0 radical (unpaired) electrons. The molecule has 1 amide bonds. The number of halogens is 1. The van der Waals surface area contributed by atoms with Crippen LogP contribution in [0, 0.1) is 0 Å². The Labute approximate surface area is 186 Å². The molecule has 0 fully saturated rings. The summed E-state index contributed by atoms with van der Waals surface area (Å²) in [6, 6.07) is 15.1. The summed E-state index contributed by atoms with van der Waals surface area (Å²) >= 11 is 8.90. The third-order valence-corrected chi connectivity index (χ3v) is 6.41. The van der Waals surface area contributed by atoms with E-state index in [1.165, 1.54) is 23.1 Å². The molecule has 0 saturated heterocycles. The number of hydrogen-bond acceptors (Lipinski definition) is 7. The fourth-order valence-corrected chi connectivity index (χ4v) is 4.66. The quantitative estimate of drug-likeness (QED) is 0.378. The summed E-state index contributed by atoms with van der Waals surface area (Å²) in [7, 11) is 0. The molecule has 10 heteroatoms. The van der Waals surface area contributed by atoms with Crippen LogP contribution in [0.2, 0.25) is 5.02 Å². The number of hydrogen-bond donors (Lipinski definition) is 1. The van der Waals surface area contributed by atoms with Gasteiger partial charge in [0.15, 0.2) is 16.1 Å². The van der Waals surface area contributed by atoms with E-state index in [9.17, 15) is 4.79 Å². The van der Waals surface area contributed by atoms with Crippen molar-refractivity contribution in [2.75, 3.05) is 11.1 Å². The average molecular weight is 460 g/mol. The number of anilines is 1. The topological polar surface area (TPSA) is 81.9 Å². The lowest BCUT2D eigenvalue weighted by atomic mass is 10.3. The lowest BCUT2D eigenvalue weighted by Crippen LogP contribution is -2.14. The molecule has 0 aliphatic rings. The predicted octanol–water partition coefficient (Wildman–Crippen LogP) is 4.87. The molecule has 0 aliphatic carbocycles. The smallest absolute Gasteiger partial charge is 0.236 e. The van der Waals surface area contributed by atoms with Gasteiger partial charge in [-0.25, -0.2) is 4.98 Å². The van der Waals surface area contributed by atoms with Gasteiger partial charge in [0, 0.05) is 6.54 Å². The number of fused-ring (bicyclic) bond motifs is 1. The number of para-hydroxylation sites is 2. The van der Waals surface area contributed by atoms with Crippen molar-refractivity contribution in [2.45, 2.75) is 25.2 Å². The number of nitrogens with zero attached hydrogens (tertiary/aromatic N) is 4. The number of aromatic nitrogens is 4. The zero-order valence-electron chi connectivity index (χ0n) is 16.0. The number of thiazole rings is 1. The largest absolute Gasteiger partial charge is 0.484 e. The second-order valence-corrected chi connectivity index (χ2v) is 8.57. The minimum absolute atomic E-state index is 0.140. The predicted molar refractivity (Wildman–Crippen MR) is 120 cm³/mol. The number of nitrogens with one attached hydrogen (secondary N) is 1. The summed E-state index contributed by atoms with van der Waals surface area (Å²) in [6.07, 6.45) is 0. The minimum atomic E-state index is -0.140. The maximum atomic E-state index is 12.4. The standard InChI is InChI=1S/C20H18ClN5O2S2/c1-2-26-17(11-28-15-9-5-3-7-13(15)21)24-25-20(26)29-12-18(27)23-19-22-14-8-4-6-10-16(14)30-19/h3-10H,2,11-12H2,1H3,(H,22,23,27). The Bertz CT molecular complexity index is 1140. The van der Waals surface area contributed by atoms with E-state index in [1.807, 2.05) is 47.9 Å². The minimum Gasteiger partial charge on any atom is -0.484 e. The van der Waals surface area contributed by atoms with Crippen LogP contribution >= 0.6 is 34.7 Å². The lowest BCUT2D eigenvalue weighted by Gasteiger charge is -2.09. The van der Waals surface area contributed by atoms with Gasteiger partial charge in [-0.2, -0.15) is 0 Å². The highest BCUT2D eigenvalue weighted by atomic mass is 35.5. The summed E-state index contributed by atoms with van der Waals surface area (Å²) < 4.78 is 8.72. The molecular weight excluding hydrogens is 442 g/mol. The number of ether oxygens (including phenoxy) is 1.